The first-order chi connectivity index (χ1) is 9.81. The topological polar surface area (TPSA) is 109 Å². The number of sulfonamides is 1. The van der Waals surface area contributed by atoms with Gasteiger partial charge in [0, 0.05) is 24.1 Å². The van der Waals surface area contributed by atoms with Crippen LogP contribution in [0.3, 0.4) is 0 Å². The zero-order chi connectivity index (χ0) is 15.9. The minimum Gasteiger partial charge on any atom is -0.395 e. The maximum atomic E-state index is 11.9. The predicted molar refractivity (Wildman–Crippen MR) is 80.1 cm³/mol. The van der Waals surface area contributed by atoms with E-state index in [4.69, 9.17) is 10.2 Å². The van der Waals surface area contributed by atoms with Gasteiger partial charge in [0.25, 0.3) is 5.91 Å². The number of nitrogens with one attached hydrogen (secondary N) is 1. The Hall–Kier alpha value is -1.88. The molecule has 1 amide bonds. The summed E-state index contributed by atoms with van der Waals surface area (Å²) in [6.45, 7) is 1.77. The lowest BCUT2D eigenvalue weighted by atomic mass is 10.1. The van der Waals surface area contributed by atoms with Crippen molar-refractivity contribution in [1.29, 1.82) is 0 Å². The summed E-state index contributed by atoms with van der Waals surface area (Å²) in [7, 11) is -3.59. The van der Waals surface area contributed by atoms with Crippen LogP contribution in [0.4, 0.5) is 0 Å². The van der Waals surface area contributed by atoms with E-state index in [2.05, 4.69) is 17.2 Å². The van der Waals surface area contributed by atoms with Crippen LogP contribution in [-0.4, -0.2) is 38.3 Å². The maximum Gasteiger partial charge on any atom is 0.251 e. The molecule has 0 aliphatic rings. The Balaban J connectivity index is 2.78. The molecule has 0 radical (unpaired) electrons. The van der Waals surface area contributed by atoms with Gasteiger partial charge in [-0.3, -0.25) is 4.79 Å². The van der Waals surface area contributed by atoms with Crippen LogP contribution in [0.1, 0.15) is 27.9 Å². The van der Waals surface area contributed by atoms with Crippen molar-refractivity contribution in [1.82, 2.24) is 5.32 Å². The summed E-state index contributed by atoms with van der Waals surface area (Å²) in [4.78, 5) is 11.9. The number of amides is 1. The average molecular weight is 310 g/mol. The molecule has 0 aliphatic heterocycles. The van der Waals surface area contributed by atoms with Crippen LogP contribution in [0.15, 0.2) is 18.2 Å². The zero-order valence-corrected chi connectivity index (χ0v) is 12.5. The van der Waals surface area contributed by atoms with E-state index in [0.29, 0.717) is 17.5 Å². The lowest BCUT2D eigenvalue weighted by Gasteiger charge is -2.06. The number of rotatable bonds is 5. The van der Waals surface area contributed by atoms with Gasteiger partial charge in [-0.15, -0.1) is 0 Å². The second-order valence-corrected chi connectivity index (χ2v) is 6.22. The largest absolute Gasteiger partial charge is 0.395 e. The van der Waals surface area contributed by atoms with Crippen LogP contribution in [-0.2, 0) is 10.0 Å². The number of nitrogens with two attached hydrogens (primary N) is 1. The summed E-state index contributed by atoms with van der Waals surface area (Å²) in [5.74, 6) is 4.94. The Morgan fingerprint density at radius 2 is 2.10 bits per heavy atom. The number of hydrogen-bond donors (Lipinski definition) is 3. The number of aliphatic hydroxyl groups is 1. The molecule has 0 heterocycles. The molecule has 1 aromatic carbocycles. The molecule has 0 saturated carbocycles. The molecule has 0 bridgehead atoms. The fraction of sp³-hybridized carbons (Fsp3) is 0.357. The van der Waals surface area contributed by atoms with E-state index in [0.717, 1.165) is 5.56 Å². The van der Waals surface area contributed by atoms with Crippen LogP contribution in [0.2, 0.25) is 0 Å². The van der Waals surface area contributed by atoms with Crippen LogP contribution >= 0.6 is 0 Å². The molecule has 1 rings (SSSR count). The summed E-state index contributed by atoms with van der Waals surface area (Å²) in [6, 6.07) is 5.12. The zero-order valence-electron chi connectivity index (χ0n) is 11.7. The van der Waals surface area contributed by atoms with Gasteiger partial charge in [0.05, 0.1) is 12.4 Å². The summed E-state index contributed by atoms with van der Waals surface area (Å²) in [6.07, 6.45) is 0.365. The number of aryl methyl sites for hydroxylation is 1. The van der Waals surface area contributed by atoms with Crippen LogP contribution in [0.5, 0.6) is 0 Å². The first-order valence-electron chi connectivity index (χ1n) is 6.32. The van der Waals surface area contributed by atoms with Crippen molar-refractivity contribution in [2.24, 2.45) is 5.14 Å². The predicted octanol–water partition coefficient (Wildman–Crippen LogP) is -0.253. The highest BCUT2D eigenvalue weighted by Crippen LogP contribution is 2.09. The maximum absolute atomic E-state index is 11.9. The SMILES string of the molecule is Cc1cc(C#CCCO)cc(C(=O)NCCS(N)(=O)=O)c1. The van der Waals surface area contributed by atoms with Crippen molar-refractivity contribution in [2.75, 3.05) is 18.9 Å². The van der Waals surface area contributed by atoms with Crippen molar-refractivity contribution in [3.05, 3.63) is 34.9 Å². The first kappa shape index (κ1) is 17.2. The molecule has 7 heteroatoms. The smallest absolute Gasteiger partial charge is 0.251 e. The highest BCUT2D eigenvalue weighted by molar-refractivity contribution is 7.89. The Bertz CT molecular complexity index is 672. The van der Waals surface area contributed by atoms with E-state index in [1.165, 1.54) is 0 Å². The van der Waals surface area contributed by atoms with Gasteiger partial charge in [0.2, 0.25) is 10.0 Å². The van der Waals surface area contributed by atoms with Gasteiger partial charge < -0.3 is 10.4 Å². The molecule has 0 aliphatic carbocycles. The van der Waals surface area contributed by atoms with Crippen molar-refractivity contribution in [3.63, 3.8) is 0 Å². The van der Waals surface area contributed by atoms with E-state index in [-0.39, 0.29) is 24.8 Å². The van der Waals surface area contributed by atoms with Crippen molar-refractivity contribution in [2.45, 2.75) is 13.3 Å². The fourth-order valence-electron chi connectivity index (χ4n) is 1.62. The molecule has 4 N–H and O–H groups in total. The molecular formula is C14H18N2O4S. The molecule has 0 fully saturated rings. The summed E-state index contributed by atoms with van der Waals surface area (Å²) in [5.41, 5.74) is 1.93. The molecule has 114 valence electrons. The molecule has 0 atom stereocenters. The van der Waals surface area contributed by atoms with E-state index in [9.17, 15) is 13.2 Å². The molecule has 0 unspecified atom stereocenters. The van der Waals surface area contributed by atoms with Crippen LogP contribution in [0, 0.1) is 18.8 Å². The Morgan fingerprint density at radius 1 is 1.38 bits per heavy atom. The highest BCUT2D eigenvalue weighted by Gasteiger charge is 2.08. The molecular weight excluding hydrogens is 292 g/mol. The molecule has 0 spiro atoms. The molecule has 1 aromatic rings. The monoisotopic (exact) mass is 310 g/mol. The Morgan fingerprint density at radius 3 is 2.71 bits per heavy atom. The Labute approximate surface area is 124 Å². The summed E-state index contributed by atoms with van der Waals surface area (Å²) < 4.78 is 21.6. The number of carbonyl (C=O) groups is 1. The van der Waals surface area contributed by atoms with E-state index in [1.807, 2.05) is 13.0 Å². The van der Waals surface area contributed by atoms with E-state index < -0.39 is 10.0 Å². The fourth-order valence-corrected chi connectivity index (χ4v) is 2.00. The lowest BCUT2D eigenvalue weighted by Crippen LogP contribution is -2.31. The second kappa shape index (κ2) is 7.78. The average Bonchev–Trinajstić information content (AvgIpc) is 2.36. The molecule has 0 aromatic heterocycles. The number of hydrogen-bond acceptors (Lipinski definition) is 4. The van der Waals surface area contributed by atoms with Gasteiger partial charge in [0.15, 0.2) is 0 Å². The van der Waals surface area contributed by atoms with Gasteiger partial charge >= 0.3 is 0 Å². The van der Waals surface area contributed by atoms with Crippen LogP contribution < -0.4 is 10.5 Å². The summed E-state index contributed by atoms with van der Waals surface area (Å²) >= 11 is 0. The van der Waals surface area contributed by atoms with E-state index in [1.54, 1.807) is 12.1 Å². The first-order valence-corrected chi connectivity index (χ1v) is 8.03. The van der Waals surface area contributed by atoms with Gasteiger partial charge in [0.1, 0.15) is 0 Å². The number of benzene rings is 1. The minimum atomic E-state index is -3.59. The van der Waals surface area contributed by atoms with Gasteiger partial charge in [-0.25, -0.2) is 13.6 Å². The van der Waals surface area contributed by atoms with Crippen molar-refractivity contribution in [3.8, 4) is 11.8 Å². The highest BCUT2D eigenvalue weighted by atomic mass is 32.2. The quantitative estimate of drug-likeness (QED) is 0.651. The number of carbonyl (C=O) groups excluding carboxylic acids is 1. The standard InChI is InChI=1S/C14H18N2O4S/c1-11-8-12(4-2-3-6-17)10-13(9-11)14(18)16-5-7-21(15,19)20/h8-10,17H,3,5-7H2,1H3,(H,16,18)(H2,15,19,20). The van der Waals surface area contributed by atoms with Crippen LogP contribution in [0.25, 0.3) is 0 Å². The number of primary sulfonamides is 1. The third-order valence-corrected chi connectivity index (χ3v) is 3.25. The second-order valence-electron chi connectivity index (χ2n) is 4.49. The van der Waals surface area contributed by atoms with Crippen molar-refractivity contribution >= 4 is 15.9 Å². The van der Waals surface area contributed by atoms with Gasteiger partial charge in [-0.05, 0) is 30.7 Å². The van der Waals surface area contributed by atoms with Gasteiger partial charge in [-0.2, -0.15) is 0 Å². The molecule has 0 saturated heterocycles. The normalized spacial score (nSPS) is 10.6. The molecule has 21 heavy (non-hydrogen) atoms. The third kappa shape index (κ3) is 6.90. The number of aliphatic hydroxyl groups excluding tert-OH is 1. The molecule has 6 nitrogen and oxygen atoms in total. The summed E-state index contributed by atoms with van der Waals surface area (Å²) in [5, 5.41) is 16.0. The van der Waals surface area contributed by atoms with Gasteiger partial charge in [-0.1, -0.05) is 11.8 Å². The minimum absolute atomic E-state index is 0.0142. The Kier molecular flexibility index (Phi) is 6.37. The lowest BCUT2D eigenvalue weighted by molar-refractivity contribution is 0.0956. The van der Waals surface area contributed by atoms with E-state index >= 15 is 0 Å². The van der Waals surface area contributed by atoms with Crippen molar-refractivity contribution < 1.29 is 18.3 Å². The third-order valence-electron chi connectivity index (χ3n) is 2.48.